The van der Waals surface area contributed by atoms with Gasteiger partial charge in [0.1, 0.15) is 0 Å². The van der Waals surface area contributed by atoms with Gasteiger partial charge in [0.05, 0.1) is 0 Å². The van der Waals surface area contributed by atoms with Gasteiger partial charge in [-0.3, -0.25) is 0 Å². The van der Waals surface area contributed by atoms with E-state index in [4.69, 9.17) is 0 Å². The summed E-state index contributed by atoms with van der Waals surface area (Å²) in [4.78, 5) is 0. The van der Waals surface area contributed by atoms with Crippen LogP contribution in [0.2, 0.25) is 0 Å². The van der Waals surface area contributed by atoms with Gasteiger partial charge in [-0.05, 0) is 37.8 Å². The quantitative estimate of drug-likeness (QED) is 0.643. The number of hydrogen-bond acceptors (Lipinski definition) is 0. The number of nitrogens with zero attached hydrogens (tertiary/aromatic N) is 1. The maximum Gasteiger partial charge on any atom is 0.0302 e. The number of hydrogen-bond donors (Lipinski definition) is 0. The second kappa shape index (κ2) is 4.34. The molecule has 0 fully saturated rings. The fourth-order valence-electron chi connectivity index (χ4n) is 1.37. The molecule has 0 N–H and O–H groups in total. The largest absolute Gasteiger partial charge is 0.352 e. The third kappa shape index (κ3) is 2.72. The summed E-state index contributed by atoms with van der Waals surface area (Å²) in [5.41, 5.74) is 0. The van der Waals surface area contributed by atoms with Gasteiger partial charge in [-0.2, -0.15) is 0 Å². The van der Waals surface area contributed by atoms with Crippen LogP contribution in [-0.4, -0.2) is 4.57 Å². The summed E-state index contributed by atoms with van der Waals surface area (Å²) in [6.07, 6.45) is 6.89. The molecule has 1 nitrogen and oxygen atoms in total. The first kappa shape index (κ1) is 9.37. The lowest BCUT2D eigenvalue weighted by atomic mass is 10.0. The Morgan fingerprint density at radius 2 is 1.58 bits per heavy atom. The zero-order chi connectivity index (χ0) is 8.97. The Kier molecular flexibility index (Phi) is 3.39. The molecule has 0 aliphatic carbocycles. The van der Waals surface area contributed by atoms with Crippen LogP contribution < -0.4 is 0 Å². The molecule has 1 heteroatoms. The zero-order valence-electron chi connectivity index (χ0n) is 8.33. The van der Waals surface area contributed by atoms with Gasteiger partial charge in [-0.15, -0.1) is 0 Å². The molecule has 0 saturated heterocycles. The molecule has 0 aliphatic rings. The Morgan fingerprint density at radius 3 is 2.08 bits per heavy atom. The van der Waals surface area contributed by atoms with E-state index in [-0.39, 0.29) is 0 Å². The van der Waals surface area contributed by atoms with Crippen molar-refractivity contribution in [3.8, 4) is 0 Å². The predicted octanol–water partition coefficient (Wildman–Crippen LogP) is 3.49. The maximum absolute atomic E-state index is 2.28. The Hall–Kier alpha value is -0.720. The molecule has 1 unspecified atom stereocenters. The lowest BCUT2D eigenvalue weighted by Gasteiger charge is -2.14. The summed E-state index contributed by atoms with van der Waals surface area (Å²) >= 11 is 0. The number of rotatable bonds is 4. The fourth-order valence-corrected chi connectivity index (χ4v) is 1.37. The third-order valence-corrected chi connectivity index (χ3v) is 2.30. The number of aromatic nitrogens is 1. The maximum atomic E-state index is 2.28. The topological polar surface area (TPSA) is 4.93 Å². The molecule has 0 spiro atoms. The molecular weight excluding hydrogens is 146 g/mol. The monoisotopic (exact) mass is 165 g/mol. The Balaban J connectivity index is 2.34. The molecular formula is C11H19N. The van der Waals surface area contributed by atoms with E-state index < -0.39 is 0 Å². The van der Waals surface area contributed by atoms with Crippen LogP contribution in [-0.2, 0) is 0 Å². The minimum atomic E-state index is 0.655. The van der Waals surface area contributed by atoms with Gasteiger partial charge in [0.15, 0.2) is 0 Å². The molecule has 0 radical (unpaired) electrons. The Morgan fingerprint density at radius 1 is 1.00 bits per heavy atom. The highest BCUT2D eigenvalue weighted by molar-refractivity contribution is 4.92. The summed E-state index contributed by atoms with van der Waals surface area (Å²) in [7, 11) is 0. The van der Waals surface area contributed by atoms with E-state index in [0.29, 0.717) is 6.04 Å². The van der Waals surface area contributed by atoms with E-state index >= 15 is 0 Å². The van der Waals surface area contributed by atoms with Gasteiger partial charge in [-0.1, -0.05) is 13.8 Å². The van der Waals surface area contributed by atoms with Crippen molar-refractivity contribution in [1.29, 1.82) is 0 Å². The van der Waals surface area contributed by atoms with Crippen molar-refractivity contribution in [1.82, 2.24) is 4.57 Å². The average Bonchev–Trinajstić information content (AvgIpc) is 2.51. The van der Waals surface area contributed by atoms with Crippen molar-refractivity contribution < 1.29 is 0 Å². The molecule has 0 aromatic carbocycles. The Labute approximate surface area is 75.4 Å². The van der Waals surface area contributed by atoms with E-state index in [2.05, 4.69) is 49.9 Å². The zero-order valence-corrected chi connectivity index (χ0v) is 8.33. The van der Waals surface area contributed by atoms with E-state index in [1.807, 2.05) is 0 Å². The standard InChI is InChI=1S/C11H19N/c1-10(2)6-7-11(3)12-8-4-5-9-12/h4-5,8-11H,6-7H2,1-3H3. The van der Waals surface area contributed by atoms with Gasteiger partial charge in [0.2, 0.25) is 0 Å². The third-order valence-electron chi connectivity index (χ3n) is 2.30. The lowest BCUT2D eigenvalue weighted by molar-refractivity contribution is 0.440. The first-order valence-corrected chi connectivity index (χ1v) is 4.82. The van der Waals surface area contributed by atoms with Crippen LogP contribution in [0.15, 0.2) is 24.5 Å². The Bertz CT molecular complexity index is 199. The minimum absolute atomic E-state index is 0.655. The summed E-state index contributed by atoms with van der Waals surface area (Å²) in [5.74, 6) is 0.822. The van der Waals surface area contributed by atoms with Gasteiger partial charge < -0.3 is 4.57 Å². The SMILES string of the molecule is CC(C)CCC(C)n1cccc1. The lowest BCUT2D eigenvalue weighted by Crippen LogP contribution is -2.03. The smallest absolute Gasteiger partial charge is 0.0302 e. The fraction of sp³-hybridized carbons (Fsp3) is 0.636. The normalized spacial score (nSPS) is 13.7. The second-order valence-corrected chi connectivity index (χ2v) is 3.95. The highest BCUT2D eigenvalue weighted by atomic mass is 15.0. The molecule has 1 heterocycles. The van der Waals surface area contributed by atoms with Crippen LogP contribution in [0.3, 0.4) is 0 Å². The van der Waals surface area contributed by atoms with E-state index in [1.54, 1.807) is 0 Å². The van der Waals surface area contributed by atoms with Crippen molar-refractivity contribution in [2.75, 3.05) is 0 Å². The van der Waals surface area contributed by atoms with Gasteiger partial charge in [0.25, 0.3) is 0 Å². The van der Waals surface area contributed by atoms with Crippen molar-refractivity contribution >= 4 is 0 Å². The first-order valence-electron chi connectivity index (χ1n) is 4.82. The van der Waals surface area contributed by atoms with Crippen LogP contribution in [0.1, 0.15) is 39.7 Å². The summed E-state index contributed by atoms with van der Waals surface area (Å²) in [5, 5.41) is 0. The van der Waals surface area contributed by atoms with Crippen molar-refractivity contribution in [3.63, 3.8) is 0 Å². The van der Waals surface area contributed by atoms with E-state index in [1.165, 1.54) is 12.8 Å². The van der Waals surface area contributed by atoms with Crippen LogP contribution in [0, 0.1) is 5.92 Å². The highest BCUT2D eigenvalue weighted by Crippen LogP contribution is 2.16. The molecule has 1 rings (SSSR count). The summed E-state index contributed by atoms with van der Waals surface area (Å²) in [6.45, 7) is 6.84. The van der Waals surface area contributed by atoms with Crippen LogP contribution in [0.5, 0.6) is 0 Å². The van der Waals surface area contributed by atoms with Crippen molar-refractivity contribution in [3.05, 3.63) is 24.5 Å². The predicted molar refractivity (Wildman–Crippen MR) is 53.2 cm³/mol. The van der Waals surface area contributed by atoms with Gasteiger partial charge >= 0.3 is 0 Å². The minimum Gasteiger partial charge on any atom is -0.352 e. The molecule has 1 atom stereocenters. The molecule has 0 aliphatic heterocycles. The van der Waals surface area contributed by atoms with Gasteiger partial charge in [-0.25, -0.2) is 0 Å². The summed E-state index contributed by atoms with van der Waals surface area (Å²) < 4.78 is 2.28. The van der Waals surface area contributed by atoms with Gasteiger partial charge in [0, 0.05) is 18.4 Å². The van der Waals surface area contributed by atoms with Crippen LogP contribution >= 0.6 is 0 Å². The van der Waals surface area contributed by atoms with Crippen LogP contribution in [0.4, 0.5) is 0 Å². The van der Waals surface area contributed by atoms with Crippen molar-refractivity contribution in [2.24, 2.45) is 5.92 Å². The average molecular weight is 165 g/mol. The van der Waals surface area contributed by atoms with E-state index in [0.717, 1.165) is 5.92 Å². The van der Waals surface area contributed by atoms with Crippen LogP contribution in [0.25, 0.3) is 0 Å². The van der Waals surface area contributed by atoms with E-state index in [9.17, 15) is 0 Å². The molecule has 0 saturated carbocycles. The molecule has 68 valence electrons. The summed E-state index contributed by atoms with van der Waals surface area (Å²) in [6, 6.07) is 4.83. The molecule has 0 bridgehead atoms. The van der Waals surface area contributed by atoms with Crippen molar-refractivity contribution in [2.45, 2.75) is 39.7 Å². The molecule has 1 aromatic rings. The molecule has 0 amide bonds. The molecule has 1 aromatic heterocycles. The highest BCUT2D eigenvalue weighted by Gasteiger charge is 2.03. The first-order chi connectivity index (χ1) is 5.70. The second-order valence-electron chi connectivity index (χ2n) is 3.95. The molecule has 12 heavy (non-hydrogen) atoms.